The van der Waals surface area contributed by atoms with Crippen molar-refractivity contribution >= 4 is 34.7 Å². The van der Waals surface area contributed by atoms with Crippen LogP contribution in [0.5, 0.6) is 11.5 Å². The molecule has 232 valence electrons. The van der Waals surface area contributed by atoms with Crippen LogP contribution in [0.4, 0.5) is 17.1 Å². The molecule has 6 aromatic carbocycles. The van der Waals surface area contributed by atoms with Crippen LogP contribution in [0, 0.1) is 13.8 Å². The summed E-state index contributed by atoms with van der Waals surface area (Å²) in [6.07, 6.45) is 2.18. The Labute approximate surface area is 277 Å². The van der Waals surface area contributed by atoms with E-state index in [4.69, 9.17) is 9.47 Å². The first kappa shape index (κ1) is 31.1. The highest BCUT2D eigenvalue weighted by Gasteiger charge is 2.13. The van der Waals surface area contributed by atoms with Gasteiger partial charge in [-0.1, -0.05) is 96.1 Å². The molecule has 0 spiro atoms. The van der Waals surface area contributed by atoms with Crippen molar-refractivity contribution in [3.63, 3.8) is 0 Å². The fourth-order valence-electron chi connectivity index (χ4n) is 5.55. The number of rotatable bonds is 9. The third kappa shape index (κ3) is 7.51. The summed E-state index contributed by atoms with van der Waals surface area (Å²) in [6, 6.07) is 50.2. The minimum Gasteiger partial charge on any atom is -0.497 e. The highest BCUT2D eigenvalue weighted by molar-refractivity contribution is 5.92. The second-order valence-corrected chi connectivity index (χ2v) is 11.6. The van der Waals surface area contributed by atoms with Crippen LogP contribution in [-0.2, 0) is 4.79 Å². The molecule has 0 radical (unpaired) electrons. The zero-order valence-electron chi connectivity index (χ0n) is 27.1. The van der Waals surface area contributed by atoms with E-state index in [1.807, 2.05) is 36.4 Å². The Morgan fingerprint density at radius 2 is 0.936 bits per heavy atom. The van der Waals surface area contributed by atoms with Crippen LogP contribution < -0.4 is 14.4 Å². The van der Waals surface area contributed by atoms with E-state index in [1.165, 1.54) is 18.1 Å². The Morgan fingerprint density at radius 3 is 1.36 bits per heavy atom. The lowest BCUT2D eigenvalue weighted by Crippen LogP contribution is -2.09. The molecular formula is C43H37NO3. The Kier molecular flexibility index (Phi) is 9.31. The average molecular weight is 616 g/mol. The molecule has 6 aromatic rings. The number of aryl methyl sites for hydroxylation is 2. The van der Waals surface area contributed by atoms with Gasteiger partial charge in [-0.3, -0.25) is 4.79 Å². The van der Waals surface area contributed by atoms with Crippen molar-refractivity contribution in [3.05, 3.63) is 173 Å². The first-order chi connectivity index (χ1) is 22.9. The Morgan fingerprint density at radius 1 is 0.532 bits per heavy atom. The van der Waals surface area contributed by atoms with E-state index in [0.717, 1.165) is 56.2 Å². The van der Waals surface area contributed by atoms with Gasteiger partial charge in [0.15, 0.2) is 0 Å². The minimum absolute atomic E-state index is 0.340. The molecule has 0 atom stereocenters. The van der Waals surface area contributed by atoms with E-state index in [1.54, 1.807) is 7.11 Å². The van der Waals surface area contributed by atoms with E-state index >= 15 is 0 Å². The van der Waals surface area contributed by atoms with Gasteiger partial charge in [0.25, 0.3) is 0 Å². The van der Waals surface area contributed by atoms with Crippen LogP contribution in [0.3, 0.4) is 0 Å². The van der Waals surface area contributed by atoms with E-state index < -0.39 is 0 Å². The van der Waals surface area contributed by atoms with E-state index in [2.05, 4.69) is 134 Å². The maximum atomic E-state index is 11.4. The number of carbonyl (C=O) groups excluding carboxylic acids is 1. The third-order valence-corrected chi connectivity index (χ3v) is 8.09. The lowest BCUT2D eigenvalue weighted by atomic mass is 9.95. The van der Waals surface area contributed by atoms with Crippen LogP contribution in [0.1, 0.15) is 34.7 Å². The third-order valence-electron chi connectivity index (χ3n) is 8.09. The predicted octanol–water partition coefficient (Wildman–Crippen LogP) is 11.0. The number of ether oxygens (including phenoxy) is 2. The van der Waals surface area contributed by atoms with Crippen molar-refractivity contribution in [1.29, 1.82) is 0 Å². The number of anilines is 3. The Hall–Kier alpha value is -5.87. The van der Waals surface area contributed by atoms with Crippen molar-refractivity contribution in [2.24, 2.45) is 0 Å². The van der Waals surface area contributed by atoms with Crippen LogP contribution in [0.25, 0.3) is 22.8 Å². The molecule has 0 unspecified atom stereocenters. The molecule has 47 heavy (non-hydrogen) atoms. The van der Waals surface area contributed by atoms with E-state index in [0.29, 0.717) is 5.75 Å². The lowest BCUT2D eigenvalue weighted by Gasteiger charge is -2.26. The number of methoxy groups -OCH3 is 1. The first-order valence-corrected chi connectivity index (χ1v) is 15.7. The summed E-state index contributed by atoms with van der Waals surface area (Å²) >= 11 is 0. The summed E-state index contributed by atoms with van der Waals surface area (Å²) in [5.74, 6) is 0.981. The molecule has 0 aliphatic heterocycles. The minimum atomic E-state index is -0.340. The molecule has 0 N–H and O–H groups in total. The molecule has 0 aliphatic rings. The van der Waals surface area contributed by atoms with Gasteiger partial charge in [0.1, 0.15) is 11.5 Å². The molecule has 4 nitrogen and oxygen atoms in total. The maximum absolute atomic E-state index is 11.4. The molecule has 0 saturated heterocycles. The van der Waals surface area contributed by atoms with Crippen molar-refractivity contribution < 1.29 is 14.3 Å². The number of benzene rings is 6. The topological polar surface area (TPSA) is 38.8 Å². The molecule has 0 aliphatic carbocycles. The summed E-state index contributed by atoms with van der Waals surface area (Å²) in [5.41, 5.74) is 12.3. The van der Waals surface area contributed by atoms with Crippen molar-refractivity contribution in [2.45, 2.75) is 20.8 Å². The van der Waals surface area contributed by atoms with E-state index in [-0.39, 0.29) is 5.97 Å². The van der Waals surface area contributed by atoms with Gasteiger partial charge in [-0.25, -0.2) is 0 Å². The Bertz CT molecular complexity index is 1930. The summed E-state index contributed by atoms with van der Waals surface area (Å²) in [7, 11) is 1.67. The average Bonchev–Trinajstić information content (AvgIpc) is 3.10. The van der Waals surface area contributed by atoms with Gasteiger partial charge >= 0.3 is 5.97 Å². The van der Waals surface area contributed by atoms with Gasteiger partial charge in [-0.05, 0) is 114 Å². The van der Waals surface area contributed by atoms with Gasteiger partial charge < -0.3 is 14.4 Å². The van der Waals surface area contributed by atoms with Crippen LogP contribution in [0.15, 0.2) is 146 Å². The van der Waals surface area contributed by atoms with Gasteiger partial charge in [0.2, 0.25) is 0 Å². The smallest absolute Gasteiger partial charge is 0.308 e. The highest BCUT2D eigenvalue weighted by atomic mass is 16.5. The number of hydrogen-bond acceptors (Lipinski definition) is 4. The second-order valence-electron chi connectivity index (χ2n) is 11.6. The van der Waals surface area contributed by atoms with Crippen molar-refractivity contribution in [1.82, 2.24) is 0 Å². The quantitative estimate of drug-likeness (QED) is 0.0921. The summed E-state index contributed by atoms with van der Waals surface area (Å²) in [4.78, 5) is 13.7. The number of hydrogen-bond donors (Lipinski definition) is 0. The standard InChI is InChI=1S/C43H37NO3/c1-30-5-19-38(20-6-30)44(39-21-7-31(2)8-22-39)40-23-13-35(14-24-40)34-11-9-33(10-12-34)29-43(36-15-25-41(46-4)26-16-36)37-17-27-42(28-18-37)47-32(3)45/h5-29H,1-4H3/b43-29+. The van der Waals surface area contributed by atoms with Crippen molar-refractivity contribution in [2.75, 3.05) is 12.0 Å². The van der Waals surface area contributed by atoms with Gasteiger partial charge in [-0.2, -0.15) is 0 Å². The second kappa shape index (κ2) is 14.1. The number of carbonyl (C=O) groups is 1. The number of esters is 1. The zero-order chi connectivity index (χ0) is 32.8. The predicted molar refractivity (Wildman–Crippen MR) is 194 cm³/mol. The van der Waals surface area contributed by atoms with Gasteiger partial charge in [-0.15, -0.1) is 0 Å². The summed E-state index contributed by atoms with van der Waals surface area (Å²) in [5, 5.41) is 0. The first-order valence-electron chi connectivity index (χ1n) is 15.7. The largest absolute Gasteiger partial charge is 0.497 e. The van der Waals surface area contributed by atoms with Crippen LogP contribution in [-0.4, -0.2) is 13.1 Å². The SMILES string of the molecule is COc1ccc(/C(=C\c2ccc(-c3ccc(N(c4ccc(C)cc4)c4ccc(C)cc4)cc3)cc2)c2ccc(OC(C)=O)cc2)cc1. The Balaban J connectivity index is 1.29. The van der Waals surface area contributed by atoms with Crippen LogP contribution >= 0.6 is 0 Å². The fraction of sp³-hybridized carbons (Fsp3) is 0.0930. The molecule has 0 heterocycles. The maximum Gasteiger partial charge on any atom is 0.308 e. The summed E-state index contributed by atoms with van der Waals surface area (Å²) < 4.78 is 10.6. The summed E-state index contributed by atoms with van der Waals surface area (Å²) in [6.45, 7) is 5.63. The molecule has 0 aromatic heterocycles. The molecule has 6 rings (SSSR count). The zero-order valence-corrected chi connectivity index (χ0v) is 27.1. The fourth-order valence-corrected chi connectivity index (χ4v) is 5.55. The molecule has 0 amide bonds. The van der Waals surface area contributed by atoms with E-state index in [9.17, 15) is 4.79 Å². The monoisotopic (exact) mass is 615 g/mol. The highest BCUT2D eigenvalue weighted by Crippen LogP contribution is 2.36. The normalized spacial score (nSPS) is 11.2. The van der Waals surface area contributed by atoms with Crippen LogP contribution in [0.2, 0.25) is 0 Å². The molecule has 0 fully saturated rings. The molecular weight excluding hydrogens is 578 g/mol. The lowest BCUT2D eigenvalue weighted by molar-refractivity contribution is -0.131. The van der Waals surface area contributed by atoms with Crippen molar-refractivity contribution in [3.8, 4) is 22.6 Å². The van der Waals surface area contributed by atoms with Gasteiger partial charge in [0.05, 0.1) is 7.11 Å². The molecule has 0 saturated carbocycles. The molecule has 4 heteroatoms. The van der Waals surface area contributed by atoms with Gasteiger partial charge in [0, 0.05) is 24.0 Å². The number of nitrogens with zero attached hydrogens (tertiary/aromatic N) is 1. The molecule has 0 bridgehead atoms.